The molecule has 0 rings (SSSR count). The molecule has 0 aliphatic carbocycles. The topological polar surface area (TPSA) is 215 Å². The zero-order valence-corrected chi connectivity index (χ0v) is 22.5. The Morgan fingerprint density at radius 1 is 0.806 bits per heavy atom. The molecule has 12 heteroatoms. The fourth-order valence-corrected chi connectivity index (χ4v) is 3.49. The molecule has 0 aromatic rings. The average molecular weight is 514 g/mol. The van der Waals surface area contributed by atoms with E-state index >= 15 is 0 Å². The number of hydrogen-bond donors (Lipinski definition) is 7. The average Bonchev–Trinajstić information content (AvgIpc) is 2.77. The lowest BCUT2D eigenvalue weighted by Gasteiger charge is -2.27. The van der Waals surface area contributed by atoms with Crippen molar-refractivity contribution in [2.75, 3.05) is 6.54 Å². The standard InChI is InChI=1S/C24H47N7O5/c1-7-15(6)19(25)22(34)29-16(9-8-10-28-24(26)27)20(32)30-17(11-13(2)3)21(33)31-18(23(35)36)12-14(4)5/h13-19H,7-12,25H2,1-6H3,(H,29,34)(H,30,32)(H,31,33)(H,35,36)(H4,26,27,28). The van der Waals surface area contributed by atoms with Gasteiger partial charge in [0.2, 0.25) is 17.7 Å². The monoisotopic (exact) mass is 513 g/mol. The van der Waals surface area contributed by atoms with Gasteiger partial charge in [-0.3, -0.25) is 19.4 Å². The molecule has 0 heterocycles. The van der Waals surface area contributed by atoms with E-state index in [0.717, 1.165) is 0 Å². The van der Waals surface area contributed by atoms with Crippen LogP contribution in [-0.4, -0.2) is 65.5 Å². The first-order chi connectivity index (χ1) is 16.7. The molecule has 5 atom stereocenters. The van der Waals surface area contributed by atoms with Crippen LogP contribution in [0.5, 0.6) is 0 Å². The number of carbonyl (C=O) groups excluding carboxylic acids is 3. The number of carboxylic acids is 1. The van der Waals surface area contributed by atoms with Crippen LogP contribution < -0.4 is 33.2 Å². The Labute approximate surface area is 214 Å². The molecule has 208 valence electrons. The SMILES string of the molecule is CCC(C)C(N)C(=O)NC(CCCN=C(N)N)C(=O)NC(CC(C)C)C(=O)NC(CC(C)C)C(=O)O. The maximum absolute atomic E-state index is 13.2. The summed E-state index contributed by atoms with van der Waals surface area (Å²) in [5.41, 5.74) is 16.7. The van der Waals surface area contributed by atoms with E-state index in [2.05, 4.69) is 20.9 Å². The van der Waals surface area contributed by atoms with E-state index in [1.54, 1.807) is 0 Å². The third kappa shape index (κ3) is 13.3. The number of nitrogens with two attached hydrogens (primary N) is 3. The summed E-state index contributed by atoms with van der Waals surface area (Å²) in [4.78, 5) is 54.4. The van der Waals surface area contributed by atoms with Crippen LogP contribution >= 0.6 is 0 Å². The lowest BCUT2D eigenvalue weighted by Crippen LogP contribution is -2.57. The first-order valence-corrected chi connectivity index (χ1v) is 12.6. The Balaban J connectivity index is 5.65. The fraction of sp³-hybridized carbons (Fsp3) is 0.792. The quantitative estimate of drug-likeness (QED) is 0.0798. The highest BCUT2D eigenvalue weighted by Crippen LogP contribution is 2.11. The van der Waals surface area contributed by atoms with Crippen LogP contribution in [-0.2, 0) is 19.2 Å². The number of hydrogen-bond acceptors (Lipinski definition) is 6. The van der Waals surface area contributed by atoms with Gasteiger partial charge >= 0.3 is 5.97 Å². The van der Waals surface area contributed by atoms with Gasteiger partial charge in [0.1, 0.15) is 18.1 Å². The maximum atomic E-state index is 13.2. The number of rotatable bonds is 17. The molecule has 0 radical (unpaired) electrons. The third-order valence-electron chi connectivity index (χ3n) is 5.80. The number of nitrogens with zero attached hydrogens (tertiary/aromatic N) is 1. The van der Waals surface area contributed by atoms with Crippen molar-refractivity contribution in [3.05, 3.63) is 0 Å². The Kier molecular flexibility index (Phi) is 15.4. The summed E-state index contributed by atoms with van der Waals surface area (Å²) in [7, 11) is 0. The van der Waals surface area contributed by atoms with E-state index in [4.69, 9.17) is 17.2 Å². The zero-order valence-electron chi connectivity index (χ0n) is 22.5. The summed E-state index contributed by atoms with van der Waals surface area (Å²) < 4.78 is 0. The third-order valence-corrected chi connectivity index (χ3v) is 5.80. The number of nitrogens with one attached hydrogen (secondary N) is 3. The van der Waals surface area contributed by atoms with E-state index in [-0.39, 0.29) is 49.5 Å². The molecule has 36 heavy (non-hydrogen) atoms. The smallest absolute Gasteiger partial charge is 0.326 e. The molecule has 0 aliphatic heterocycles. The Morgan fingerprint density at radius 3 is 1.75 bits per heavy atom. The largest absolute Gasteiger partial charge is 0.480 e. The first kappa shape index (κ1) is 33.1. The molecule has 0 aromatic heterocycles. The number of carboxylic acid groups (broad SMARTS) is 1. The van der Waals surface area contributed by atoms with Crippen LogP contribution in [0.2, 0.25) is 0 Å². The van der Waals surface area contributed by atoms with Gasteiger partial charge in [0.15, 0.2) is 5.96 Å². The molecular weight excluding hydrogens is 466 g/mol. The highest BCUT2D eigenvalue weighted by atomic mass is 16.4. The minimum Gasteiger partial charge on any atom is -0.480 e. The van der Waals surface area contributed by atoms with Gasteiger partial charge in [0, 0.05) is 6.54 Å². The fourth-order valence-electron chi connectivity index (χ4n) is 3.49. The molecule has 5 unspecified atom stereocenters. The number of aliphatic imine (C=N–C) groups is 1. The van der Waals surface area contributed by atoms with Crippen molar-refractivity contribution in [2.24, 2.45) is 39.9 Å². The van der Waals surface area contributed by atoms with Gasteiger partial charge in [-0.25, -0.2) is 4.79 Å². The summed E-state index contributed by atoms with van der Waals surface area (Å²) in [5.74, 6) is -2.87. The first-order valence-electron chi connectivity index (χ1n) is 12.6. The predicted molar refractivity (Wildman–Crippen MR) is 140 cm³/mol. The van der Waals surface area contributed by atoms with Crippen LogP contribution in [0.1, 0.15) is 73.6 Å². The molecule has 0 bridgehead atoms. The van der Waals surface area contributed by atoms with Crippen molar-refractivity contribution in [3.8, 4) is 0 Å². The van der Waals surface area contributed by atoms with Crippen LogP contribution in [0.25, 0.3) is 0 Å². The highest BCUT2D eigenvalue weighted by molar-refractivity contribution is 5.94. The van der Waals surface area contributed by atoms with Gasteiger partial charge in [-0.1, -0.05) is 48.0 Å². The van der Waals surface area contributed by atoms with E-state index in [1.165, 1.54) is 0 Å². The van der Waals surface area contributed by atoms with Crippen molar-refractivity contribution < 1.29 is 24.3 Å². The van der Waals surface area contributed by atoms with Crippen molar-refractivity contribution in [1.29, 1.82) is 0 Å². The second-order valence-electron chi connectivity index (χ2n) is 10.1. The van der Waals surface area contributed by atoms with Gasteiger partial charge in [-0.05, 0) is 43.4 Å². The van der Waals surface area contributed by atoms with Gasteiger partial charge in [0.05, 0.1) is 6.04 Å². The number of aliphatic carboxylic acids is 1. The molecule has 0 aromatic carbocycles. The van der Waals surface area contributed by atoms with Crippen molar-refractivity contribution in [3.63, 3.8) is 0 Å². The molecule has 3 amide bonds. The summed E-state index contributed by atoms with van der Waals surface area (Å²) in [6.07, 6.45) is 1.83. The minimum atomic E-state index is -1.14. The molecule has 0 saturated heterocycles. The second kappa shape index (κ2) is 16.7. The molecular formula is C24H47N7O5. The van der Waals surface area contributed by atoms with Gasteiger partial charge in [0.25, 0.3) is 0 Å². The Bertz CT molecular complexity index is 753. The van der Waals surface area contributed by atoms with Crippen LogP contribution in [0.4, 0.5) is 0 Å². The summed E-state index contributed by atoms with van der Waals surface area (Å²) in [6.45, 7) is 11.5. The molecule has 12 nitrogen and oxygen atoms in total. The Morgan fingerprint density at radius 2 is 1.28 bits per heavy atom. The molecule has 0 spiro atoms. The molecule has 0 saturated carbocycles. The van der Waals surface area contributed by atoms with Crippen molar-refractivity contribution in [1.82, 2.24) is 16.0 Å². The van der Waals surface area contributed by atoms with Crippen molar-refractivity contribution in [2.45, 2.75) is 97.8 Å². The summed E-state index contributed by atoms with van der Waals surface area (Å²) in [6, 6.07) is -3.83. The van der Waals surface area contributed by atoms with E-state index in [0.29, 0.717) is 12.8 Å². The predicted octanol–water partition coefficient (Wildman–Crippen LogP) is 0.0446. The number of carbonyl (C=O) groups is 4. The molecule has 0 fully saturated rings. The lowest BCUT2D eigenvalue weighted by atomic mass is 9.98. The number of guanidine groups is 1. The highest BCUT2D eigenvalue weighted by Gasteiger charge is 2.31. The maximum Gasteiger partial charge on any atom is 0.326 e. The second-order valence-corrected chi connectivity index (χ2v) is 10.1. The number of amides is 3. The zero-order chi connectivity index (χ0) is 28.0. The van der Waals surface area contributed by atoms with Gasteiger partial charge in [-0.2, -0.15) is 0 Å². The summed E-state index contributed by atoms with van der Waals surface area (Å²) >= 11 is 0. The Hall–Kier alpha value is -2.89. The van der Waals surface area contributed by atoms with Gasteiger partial charge in [-0.15, -0.1) is 0 Å². The van der Waals surface area contributed by atoms with E-state index in [9.17, 15) is 24.3 Å². The lowest BCUT2D eigenvalue weighted by molar-refractivity contribution is -0.143. The van der Waals surface area contributed by atoms with E-state index < -0.39 is 47.9 Å². The van der Waals surface area contributed by atoms with Crippen LogP contribution in [0.15, 0.2) is 4.99 Å². The van der Waals surface area contributed by atoms with Crippen LogP contribution in [0.3, 0.4) is 0 Å². The van der Waals surface area contributed by atoms with E-state index in [1.807, 2.05) is 41.5 Å². The molecule has 0 aliphatic rings. The van der Waals surface area contributed by atoms with Gasteiger partial charge < -0.3 is 38.3 Å². The van der Waals surface area contributed by atoms with Crippen molar-refractivity contribution >= 4 is 29.7 Å². The molecule has 10 N–H and O–H groups in total. The minimum absolute atomic E-state index is 0.0307. The van der Waals surface area contributed by atoms with Crippen LogP contribution in [0, 0.1) is 17.8 Å². The normalized spacial score (nSPS) is 15.4. The summed E-state index contributed by atoms with van der Waals surface area (Å²) in [5, 5.41) is 17.4.